The van der Waals surface area contributed by atoms with Crippen LogP contribution in [0.2, 0.25) is 0 Å². The summed E-state index contributed by atoms with van der Waals surface area (Å²) in [7, 11) is 0. The predicted molar refractivity (Wildman–Crippen MR) is 135 cm³/mol. The zero-order valence-electron chi connectivity index (χ0n) is 20.0. The SMILES string of the molecule is CCCCn1c(N)c(N(C(=O)CN2CCN(c3ccccc3)CC2)C2CCCC2)c(=O)[nH]c1=O. The van der Waals surface area contributed by atoms with E-state index in [0.717, 1.165) is 64.7 Å². The van der Waals surface area contributed by atoms with Crippen LogP contribution in [0.4, 0.5) is 17.2 Å². The van der Waals surface area contributed by atoms with Crippen molar-refractivity contribution in [1.82, 2.24) is 14.5 Å². The monoisotopic (exact) mass is 468 g/mol. The van der Waals surface area contributed by atoms with Crippen molar-refractivity contribution >= 4 is 23.1 Å². The predicted octanol–water partition coefficient (Wildman–Crippen LogP) is 2.02. The molecule has 1 aliphatic heterocycles. The fraction of sp³-hybridized carbons (Fsp3) is 0.560. The van der Waals surface area contributed by atoms with Crippen LogP contribution in [-0.2, 0) is 11.3 Å². The Morgan fingerprint density at radius 2 is 1.76 bits per heavy atom. The van der Waals surface area contributed by atoms with Crippen molar-refractivity contribution < 1.29 is 4.79 Å². The molecule has 34 heavy (non-hydrogen) atoms. The van der Waals surface area contributed by atoms with Gasteiger partial charge in [0.1, 0.15) is 5.82 Å². The molecule has 0 unspecified atom stereocenters. The number of H-pyrrole nitrogens is 1. The summed E-state index contributed by atoms with van der Waals surface area (Å²) in [5, 5.41) is 0. The molecule has 184 valence electrons. The van der Waals surface area contributed by atoms with Crippen molar-refractivity contribution in [3.05, 3.63) is 51.2 Å². The van der Waals surface area contributed by atoms with E-state index in [4.69, 9.17) is 5.73 Å². The molecule has 1 amide bonds. The Kier molecular flexibility index (Phi) is 7.72. The van der Waals surface area contributed by atoms with E-state index in [1.54, 1.807) is 4.90 Å². The summed E-state index contributed by atoms with van der Waals surface area (Å²) in [6.45, 7) is 5.88. The Morgan fingerprint density at radius 3 is 2.41 bits per heavy atom. The molecule has 1 aliphatic carbocycles. The van der Waals surface area contributed by atoms with Crippen LogP contribution in [0.3, 0.4) is 0 Å². The highest BCUT2D eigenvalue weighted by Crippen LogP contribution is 2.29. The maximum Gasteiger partial charge on any atom is 0.330 e. The molecule has 0 bridgehead atoms. The zero-order chi connectivity index (χ0) is 24.1. The van der Waals surface area contributed by atoms with Crippen LogP contribution >= 0.6 is 0 Å². The topological polar surface area (TPSA) is 108 Å². The van der Waals surface area contributed by atoms with Gasteiger partial charge >= 0.3 is 5.69 Å². The number of hydrogen-bond acceptors (Lipinski definition) is 6. The van der Waals surface area contributed by atoms with E-state index in [0.29, 0.717) is 6.54 Å². The number of carbonyl (C=O) groups is 1. The number of para-hydroxylation sites is 1. The number of piperazine rings is 1. The average Bonchev–Trinajstić information content (AvgIpc) is 3.37. The van der Waals surface area contributed by atoms with Gasteiger partial charge in [-0.05, 0) is 31.4 Å². The van der Waals surface area contributed by atoms with Crippen LogP contribution in [0, 0.1) is 0 Å². The largest absolute Gasteiger partial charge is 0.383 e. The summed E-state index contributed by atoms with van der Waals surface area (Å²) in [6, 6.07) is 10.2. The smallest absolute Gasteiger partial charge is 0.330 e. The van der Waals surface area contributed by atoms with Crippen molar-refractivity contribution in [2.45, 2.75) is 58.0 Å². The molecular weight excluding hydrogens is 432 g/mol. The molecule has 2 aliphatic rings. The van der Waals surface area contributed by atoms with E-state index in [1.807, 2.05) is 25.1 Å². The van der Waals surface area contributed by atoms with Gasteiger partial charge in [0.25, 0.3) is 5.56 Å². The third kappa shape index (κ3) is 5.19. The molecule has 9 nitrogen and oxygen atoms in total. The van der Waals surface area contributed by atoms with E-state index in [1.165, 1.54) is 10.3 Å². The lowest BCUT2D eigenvalue weighted by molar-refractivity contribution is -0.120. The lowest BCUT2D eigenvalue weighted by Crippen LogP contribution is -2.53. The third-order valence-electron chi connectivity index (χ3n) is 7.00. The molecule has 1 aromatic heterocycles. The molecule has 0 spiro atoms. The molecule has 2 fully saturated rings. The number of benzene rings is 1. The quantitative estimate of drug-likeness (QED) is 0.614. The number of rotatable bonds is 8. The minimum atomic E-state index is -0.579. The summed E-state index contributed by atoms with van der Waals surface area (Å²) >= 11 is 0. The van der Waals surface area contributed by atoms with Gasteiger partial charge in [0.15, 0.2) is 5.69 Å². The molecule has 9 heteroatoms. The number of nitrogens with two attached hydrogens (primary N) is 1. The lowest BCUT2D eigenvalue weighted by atomic mass is 10.1. The molecule has 3 N–H and O–H groups in total. The minimum Gasteiger partial charge on any atom is -0.383 e. The van der Waals surface area contributed by atoms with Gasteiger partial charge in [0.2, 0.25) is 5.91 Å². The first-order chi connectivity index (χ1) is 16.5. The van der Waals surface area contributed by atoms with Gasteiger partial charge in [0.05, 0.1) is 6.54 Å². The summed E-state index contributed by atoms with van der Waals surface area (Å²) in [5.74, 6) is -0.0331. The summed E-state index contributed by atoms with van der Waals surface area (Å²) in [4.78, 5) is 47.4. The molecule has 0 radical (unpaired) electrons. The number of amides is 1. The maximum absolute atomic E-state index is 13.6. The Bertz CT molecular complexity index is 1080. The van der Waals surface area contributed by atoms with Gasteiger partial charge in [-0.1, -0.05) is 44.4 Å². The second-order valence-electron chi connectivity index (χ2n) is 9.30. The van der Waals surface area contributed by atoms with Crippen molar-refractivity contribution in [2.24, 2.45) is 0 Å². The first kappa shape index (κ1) is 24.1. The molecule has 4 rings (SSSR count). The summed E-state index contributed by atoms with van der Waals surface area (Å²) in [6.07, 6.45) is 5.34. The highest BCUT2D eigenvalue weighted by Gasteiger charge is 2.33. The van der Waals surface area contributed by atoms with Gasteiger partial charge in [-0.15, -0.1) is 0 Å². The van der Waals surface area contributed by atoms with Crippen molar-refractivity contribution in [3.8, 4) is 0 Å². The average molecular weight is 469 g/mol. The number of nitrogens with zero attached hydrogens (tertiary/aromatic N) is 4. The van der Waals surface area contributed by atoms with E-state index in [-0.39, 0.29) is 30.0 Å². The first-order valence-corrected chi connectivity index (χ1v) is 12.5. The van der Waals surface area contributed by atoms with Crippen LogP contribution in [-0.4, -0.2) is 59.1 Å². The Labute approximate surface area is 200 Å². The van der Waals surface area contributed by atoms with Gasteiger partial charge < -0.3 is 15.5 Å². The number of hydrogen-bond donors (Lipinski definition) is 2. The second-order valence-corrected chi connectivity index (χ2v) is 9.30. The normalized spacial score (nSPS) is 17.3. The van der Waals surface area contributed by atoms with Gasteiger partial charge in [0, 0.05) is 44.5 Å². The van der Waals surface area contributed by atoms with Crippen LogP contribution < -0.4 is 26.8 Å². The molecule has 1 aromatic carbocycles. The maximum atomic E-state index is 13.6. The van der Waals surface area contributed by atoms with E-state index in [2.05, 4.69) is 26.9 Å². The lowest BCUT2D eigenvalue weighted by Gasteiger charge is -2.37. The number of nitrogen functional groups attached to an aromatic ring is 1. The zero-order valence-corrected chi connectivity index (χ0v) is 20.0. The van der Waals surface area contributed by atoms with Gasteiger partial charge in [-0.2, -0.15) is 0 Å². The molecule has 1 saturated heterocycles. The van der Waals surface area contributed by atoms with Gasteiger partial charge in [-0.25, -0.2) is 4.79 Å². The second kappa shape index (κ2) is 10.9. The highest BCUT2D eigenvalue weighted by molar-refractivity contribution is 5.97. The standard InChI is InChI=1S/C25H36N6O3/c1-2-3-13-30-23(26)22(24(33)27-25(30)34)31(20-11-7-8-12-20)21(32)18-28-14-16-29(17-15-28)19-9-5-4-6-10-19/h4-6,9-10,20H,2-3,7-8,11-18,26H2,1H3,(H,27,33,34). The fourth-order valence-electron chi connectivity index (χ4n) is 5.09. The van der Waals surface area contributed by atoms with Crippen molar-refractivity contribution in [3.63, 3.8) is 0 Å². The first-order valence-electron chi connectivity index (χ1n) is 12.5. The van der Waals surface area contributed by atoms with Gasteiger partial charge in [-0.3, -0.25) is 24.0 Å². The van der Waals surface area contributed by atoms with E-state index >= 15 is 0 Å². The minimum absolute atomic E-state index is 0.0707. The van der Waals surface area contributed by atoms with E-state index < -0.39 is 11.2 Å². The Morgan fingerprint density at radius 1 is 1.09 bits per heavy atom. The highest BCUT2D eigenvalue weighted by atomic mass is 16.2. The number of unbranched alkanes of at least 4 members (excludes halogenated alkanes) is 1. The number of aromatic nitrogens is 2. The Hall–Kier alpha value is -3.07. The van der Waals surface area contributed by atoms with Crippen molar-refractivity contribution in [2.75, 3.05) is 48.3 Å². The summed E-state index contributed by atoms with van der Waals surface area (Å²) in [5.41, 5.74) is 6.60. The molecule has 1 saturated carbocycles. The molecular formula is C25H36N6O3. The van der Waals surface area contributed by atoms with Crippen LogP contribution in [0.15, 0.2) is 39.9 Å². The molecule has 2 heterocycles. The number of carbonyl (C=O) groups excluding carboxylic acids is 1. The van der Waals surface area contributed by atoms with Crippen LogP contribution in [0.1, 0.15) is 45.4 Å². The van der Waals surface area contributed by atoms with E-state index in [9.17, 15) is 14.4 Å². The number of nitrogens with one attached hydrogen (secondary N) is 1. The van der Waals surface area contributed by atoms with Crippen molar-refractivity contribution in [1.29, 1.82) is 0 Å². The third-order valence-corrected chi connectivity index (χ3v) is 7.00. The molecule has 2 aromatic rings. The summed E-state index contributed by atoms with van der Waals surface area (Å²) < 4.78 is 1.40. The number of aromatic amines is 1. The number of anilines is 3. The fourth-order valence-corrected chi connectivity index (χ4v) is 5.09. The van der Waals surface area contributed by atoms with Crippen LogP contribution in [0.5, 0.6) is 0 Å². The molecule has 0 atom stereocenters. The Balaban J connectivity index is 1.54. The van der Waals surface area contributed by atoms with Crippen LogP contribution in [0.25, 0.3) is 0 Å².